The Morgan fingerprint density at radius 3 is 2.10 bits per heavy atom. The molecule has 0 radical (unpaired) electrons. The smallest absolute Gasteiger partial charge is 0.275 e. The van der Waals surface area contributed by atoms with Crippen molar-refractivity contribution in [1.82, 2.24) is 10.6 Å². The number of thioether (sulfide) groups is 1. The molecule has 0 aliphatic carbocycles. The predicted molar refractivity (Wildman–Crippen MR) is 123 cm³/mol. The number of rotatable bonds is 16. The van der Waals surface area contributed by atoms with Gasteiger partial charge in [0.25, 0.3) is 11.8 Å². The van der Waals surface area contributed by atoms with Crippen molar-refractivity contribution in [2.24, 2.45) is 0 Å². The number of benzene rings is 1. The fourth-order valence-corrected chi connectivity index (χ4v) is 4.52. The van der Waals surface area contributed by atoms with Gasteiger partial charge in [-0.3, -0.25) is 14.9 Å². The lowest BCUT2D eigenvalue weighted by atomic mass is 10.1. The van der Waals surface area contributed by atoms with E-state index in [-0.39, 0.29) is 11.8 Å². The normalized spacial score (nSPS) is 13.8. The van der Waals surface area contributed by atoms with Crippen molar-refractivity contribution < 1.29 is 9.59 Å². The maximum atomic E-state index is 12.1. The standard InChI is InChI=1S/C24H36N2O2S/c1-2-3-4-5-6-7-8-9-10-14-19-29-22-21(23(27)26-24(22)28)25-18-17-20-15-12-11-13-16-20/h11-13,15-16H,2-10,14,17-19H2,1H3,(H2,25,26,27,28). The van der Waals surface area contributed by atoms with Crippen LogP contribution in [0, 0.1) is 0 Å². The molecular formula is C24H36N2O2S. The number of nitrogens with one attached hydrogen (secondary N) is 2. The molecule has 1 aliphatic heterocycles. The van der Waals surface area contributed by atoms with E-state index in [1.54, 1.807) is 0 Å². The molecule has 1 heterocycles. The molecule has 0 saturated carbocycles. The molecule has 4 nitrogen and oxygen atoms in total. The van der Waals surface area contributed by atoms with Crippen molar-refractivity contribution in [1.29, 1.82) is 0 Å². The van der Waals surface area contributed by atoms with Crippen LogP contribution in [0.4, 0.5) is 0 Å². The first kappa shape index (κ1) is 23.5. The summed E-state index contributed by atoms with van der Waals surface area (Å²) in [5.74, 6) is 0.332. The van der Waals surface area contributed by atoms with Gasteiger partial charge in [0, 0.05) is 6.54 Å². The fourth-order valence-electron chi connectivity index (χ4n) is 3.48. The van der Waals surface area contributed by atoms with Gasteiger partial charge in [0.2, 0.25) is 0 Å². The molecule has 2 N–H and O–H groups in total. The second-order valence-electron chi connectivity index (χ2n) is 7.68. The van der Waals surface area contributed by atoms with Crippen LogP contribution < -0.4 is 10.6 Å². The average molecular weight is 417 g/mol. The van der Waals surface area contributed by atoms with E-state index < -0.39 is 0 Å². The summed E-state index contributed by atoms with van der Waals surface area (Å²) in [7, 11) is 0. The Balaban J connectivity index is 1.62. The third-order valence-electron chi connectivity index (χ3n) is 5.19. The van der Waals surface area contributed by atoms with Crippen LogP contribution in [0.2, 0.25) is 0 Å². The van der Waals surface area contributed by atoms with Crippen LogP contribution in [-0.2, 0) is 16.0 Å². The summed E-state index contributed by atoms with van der Waals surface area (Å²) in [4.78, 5) is 24.7. The summed E-state index contributed by atoms with van der Waals surface area (Å²) in [6.07, 6.45) is 13.8. The molecule has 2 amide bonds. The lowest BCUT2D eigenvalue weighted by Gasteiger charge is -2.08. The van der Waals surface area contributed by atoms with Crippen molar-refractivity contribution in [3.8, 4) is 0 Å². The second-order valence-corrected chi connectivity index (χ2v) is 8.79. The predicted octanol–water partition coefficient (Wildman–Crippen LogP) is 5.34. The molecule has 0 aromatic heterocycles. The molecule has 0 atom stereocenters. The van der Waals surface area contributed by atoms with E-state index in [0.717, 1.165) is 18.6 Å². The van der Waals surface area contributed by atoms with Crippen LogP contribution in [0.25, 0.3) is 0 Å². The summed E-state index contributed by atoms with van der Waals surface area (Å²) in [6.45, 7) is 2.89. The van der Waals surface area contributed by atoms with E-state index in [1.807, 2.05) is 18.2 Å². The molecule has 0 fully saturated rings. The highest BCUT2D eigenvalue weighted by atomic mass is 32.2. The molecule has 0 spiro atoms. The van der Waals surface area contributed by atoms with Crippen molar-refractivity contribution in [3.05, 3.63) is 46.5 Å². The first-order valence-electron chi connectivity index (χ1n) is 11.2. The van der Waals surface area contributed by atoms with E-state index in [4.69, 9.17) is 0 Å². The van der Waals surface area contributed by atoms with Crippen LogP contribution in [-0.4, -0.2) is 24.1 Å². The van der Waals surface area contributed by atoms with Crippen LogP contribution in [0.15, 0.2) is 40.9 Å². The van der Waals surface area contributed by atoms with Crippen molar-refractivity contribution in [3.63, 3.8) is 0 Å². The van der Waals surface area contributed by atoms with Crippen LogP contribution in [0.5, 0.6) is 0 Å². The number of imide groups is 1. The van der Waals surface area contributed by atoms with Crippen LogP contribution >= 0.6 is 11.8 Å². The third-order valence-corrected chi connectivity index (χ3v) is 6.36. The van der Waals surface area contributed by atoms with Gasteiger partial charge in [-0.1, -0.05) is 95.0 Å². The van der Waals surface area contributed by atoms with E-state index in [1.165, 1.54) is 75.1 Å². The molecule has 2 rings (SSSR count). The number of carbonyl (C=O) groups is 2. The number of carbonyl (C=O) groups excluding carboxylic acids is 2. The zero-order chi connectivity index (χ0) is 20.7. The molecule has 0 bridgehead atoms. The van der Waals surface area contributed by atoms with Crippen LogP contribution in [0.3, 0.4) is 0 Å². The van der Waals surface area contributed by atoms with E-state index in [9.17, 15) is 9.59 Å². The first-order valence-corrected chi connectivity index (χ1v) is 12.2. The van der Waals surface area contributed by atoms with Gasteiger partial charge in [-0.15, -0.1) is 11.8 Å². The van der Waals surface area contributed by atoms with Crippen molar-refractivity contribution in [2.75, 3.05) is 12.3 Å². The molecule has 0 unspecified atom stereocenters. The monoisotopic (exact) mass is 416 g/mol. The quantitative estimate of drug-likeness (QED) is 0.282. The van der Waals surface area contributed by atoms with Crippen molar-refractivity contribution >= 4 is 23.6 Å². The lowest BCUT2D eigenvalue weighted by molar-refractivity contribution is -0.124. The minimum absolute atomic E-state index is 0.255. The topological polar surface area (TPSA) is 58.2 Å². The van der Waals surface area contributed by atoms with Gasteiger partial charge in [-0.25, -0.2) is 0 Å². The van der Waals surface area contributed by atoms with Crippen LogP contribution in [0.1, 0.15) is 76.7 Å². The maximum absolute atomic E-state index is 12.1. The Labute approximate surface area is 180 Å². The van der Waals surface area contributed by atoms with E-state index in [2.05, 4.69) is 29.7 Å². The molecule has 0 saturated heterocycles. The molecule has 1 aromatic carbocycles. The van der Waals surface area contributed by atoms with Gasteiger partial charge < -0.3 is 5.32 Å². The summed E-state index contributed by atoms with van der Waals surface area (Å²) in [5.41, 5.74) is 1.66. The van der Waals surface area contributed by atoms with Gasteiger partial charge in [0.05, 0.1) is 0 Å². The molecule has 1 aliphatic rings. The number of hydrogen-bond acceptors (Lipinski definition) is 4. The Hall–Kier alpha value is -1.75. The molecule has 1 aromatic rings. The maximum Gasteiger partial charge on any atom is 0.275 e. The average Bonchev–Trinajstić information content (AvgIpc) is 2.99. The minimum atomic E-state index is -0.298. The zero-order valence-electron chi connectivity index (χ0n) is 17.8. The van der Waals surface area contributed by atoms with Gasteiger partial charge in [-0.05, 0) is 24.2 Å². The van der Waals surface area contributed by atoms with E-state index >= 15 is 0 Å². The summed E-state index contributed by atoms with van der Waals surface area (Å²) in [6, 6.07) is 10.1. The zero-order valence-corrected chi connectivity index (χ0v) is 18.6. The van der Waals surface area contributed by atoms with Crippen molar-refractivity contribution in [2.45, 2.75) is 77.6 Å². The van der Waals surface area contributed by atoms with Gasteiger partial charge in [0.1, 0.15) is 10.6 Å². The van der Waals surface area contributed by atoms with Gasteiger partial charge in [0.15, 0.2) is 0 Å². The first-order chi connectivity index (χ1) is 14.2. The minimum Gasteiger partial charge on any atom is -0.379 e. The summed E-state index contributed by atoms with van der Waals surface area (Å²) < 4.78 is 0. The Morgan fingerprint density at radius 2 is 1.45 bits per heavy atom. The SMILES string of the molecule is CCCCCCCCCCCCSC1=C(NCCc2ccccc2)C(=O)NC1=O. The Bertz CT molecular complexity index is 658. The fraction of sp³-hybridized carbons (Fsp3) is 0.583. The second kappa shape index (κ2) is 14.3. The molecule has 29 heavy (non-hydrogen) atoms. The third kappa shape index (κ3) is 9.07. The lowest BCUT2D eigenvalue weighted by Crippen LogP contribution is -2.28. The highest BCUT2D eigenvalue weighted by Gasteiger charge is 2.30. The molecule has 5 heteroatoms. The Morgan fingerprint density at radius 1 is 0.828 bits per heavy atom. The number of unbranched alkanes of at least 4 members (excludes halogenated alkanes) is 9. The number of hydrogen-bond donors (Lipinski definition) is 2. The highest BCUT2D eigenvalue weighted by Crippen LogP contribution is 2.25. The summed E-state index contributed by atoms with van der Waals surface area (Å²) in [5, 5.41) is 5.60. The highest BCUT2D eigenvalue weighted by molar-refractivity contribution is 8.04. The molecule has 160 valence electrons. The van der Waals surface area contributed by atoms with Gasteiger partial charge >= 0.3 is 0 Å². The van der Waals surface area contributed by atoms with E-state index in [0.29, 0.717) is 17.1 Å². The molecular weight excluding hydrogens is 380 g/mol. The largest absolute Gasteiger partial charge is 0.379 e. The Kier molecular flexibility index (Phi) is 11.6. The number of amides is 2. The summed E-state index contributed by atoms with van der Waals surface area (Å²) >= 11 is 1.51. The van der Waals surface area contributed by atoms with Gasteiger partial charge in [-0.2, -0.15) is 0 Å².